The molecule has 0 aliphatic heterocycles. The molecule has 2 rings (SSSR count). The number of aliphatic carboxylic acids is 1. The SMILES string of the molecule is CC(C)C(C(=O)O)n1cc(CNC(=O)c2ccc(S(N)(=O)=O)cc2)nn1. The number of primary sulfonamides is 1. The molecule has 26 heavy (non-hydrogen) atoms. The van der Waals surface area contributed by atoms with Crippen LogP contribution in [0.5, 0.6) is 0 Å². The molecule has 0 bridgehead atoms. The van der Waals surface area contributed by atoms with E-state index in [1.807, 2.05) is 0 Å². The number of aromatic nitrogens is 3. The molecule has 1 aromatic heterocycles. The van der Waals surface area contributed by atoms with Crippen molar-refractivity contribution >= 4 is 21.9 Å². The van der Waals surface area contributed by atoms with Crippen molar-refractivity contribution < 1.29 is 23.1 Å². The van der Waals surface area contributed by atoms with Crippen LogP contribution in [0.25, 0.3) is 0 Å². The summed E-state index contributed by atoms with van der Waals surface area (Å²) in [6, 6.07) is 4.30. The van der Waals surface area contributed by atoms with Crippen LogP contribution >= 0.6 is 0 Å². The minimum atomic E-state index is -3.82. The van der Waals surface area contributed by atoms with Gasteiger partial charge in [0.05, 0.1) is 17.6 Å². The summed E-state index contributed by atoms with van der Waals surface area (Å²) in [6.45, 7) is 3.56. The van der Waals surface area contributed by atoms with Gasteiger partial charge in [-0.1, -0.05) is 19.1 Å². The van der Waals surface area contributed by atoms with Crippen molar-refractivity contribution in [2.24, 2.45) is 11.1 Å². The van der Waals surface area contributed by atoms with E-state index in [2.05, 4.69) is 15.6 Å². The number of carbonyl (C=O) groups excluding carboxylic acids is 1. The Bertz CT molecular complexity index is 905. The highest BCUT2D eigenvalue weighted by Gasteiger charge is 2.24. The minimum Gasteiger partial charge on any atom is -0.480 e. The molecule has 1 atom stereocenters. The number of amides is 1. The highest BCUT2D eigenvalue weighted by Crippen LogP contribution is 2.17. The van der Waals surface area contributed by atoms with Gasteiger partial charge in [0.15, 0.2) is 6.04 Å². The standard InChI is InChI=1S/C15H19N5O5S/c1-9(2)13(15(22)23)20-8-11(18-19-20)7-17-14(21)10-3-5-12(6-4-10)26(16,24)25/h3-6,8-9,13H,7H2,1-2H3,(H,17,21)(H,22,23)(H2,16,24,25). The molecule has 1 unspecified atom stereocenters. The average molecular weight is 381 g/mol. The minimum absolute atomic E-state index is 0.0419. The van der Waals surface area contributed by atoms with Gasteiger partial charge in [-0.05, 0) is 30.2 Å². The number of carboxylic acid groups (broad SMARTS) is 1. The first-order chi connectivity index (χ1) is 12.1. The highest BCUT2D eigenvalue weighted by atomic mass is 32.2. The third kappa shape index (κ3) is 4.64. The Hall–Kier alpha value is -2.79. The zero-order valence-corrected chi connectivity index (χ0v) is 15.0. The van der Waals surface area contributed by atoms with E-state index in [0.717, 1.165) is 0 Å². The second-order valence-corrected chi connectivity index (χ2v) is 7.53. The van der Waals surface area contributed by atoms with Crippen molar-refractivity contribution in [3.63, 3.8) is 0 Å². The molecule has 140 valence electrons. The Kier molecular flexibility index (Phi) is 5.73. The highest BCUT2D eigenvalue weighted by molar-refractivity contribution is 7.89. The Labute approximate surface area is 150 Å². The molecule has 11 heteroatoms. The molecule has 10 nitrogen and oxygen atoms in total. The first-order valence-corrected chi connectivity index (χ1v) is 9.19. The van der Waals surface area contributed by atoms with Crippen molar-refractivity contribution in [3.8, 4) is 0 Å². The van der Waals surface area contributed by atoms with E-state index in [1.165, 1.54) is 35.1 Å². The fourth-order valence-corrected chi connectivity index (χ4v) is 2.82. The summed E-state index contributed by atoms with van der Waals surface area (Å²) in [5.74, 6) is -1.65. The van der Waals surface area contributed by atoms with E-state index in [1.54, 1.807) is 13.8 Å². The molecule has 1 heterocycles. The van der Waals surface area contributed by atoms with Crippen LogP contribution < -0.4 is 10.5 Å². The van der Waals surface area contributed by atoms with E-state index >= 15 is 0 Å². The van der Waals surface area contributed by atoms with Gasteiger partial charge in [0.2, 0.25) is 10.0 Å². The Morgan fingerprint density at radius 1 is 1.27 bits per heavy atom. The predicted molar refractivity (Wildman–Crippen MR) is 90.5 cm³/mol. The lowest BCUT2D eigenvalue weighted by atomic mass is 10.1. The number of nitrogens with two attached hydrogens (primary N) is 1. The largest absolute Gasteiger partial charge is 0.480 e. The van der Waals surface area contributed by atoms with Crippen molar-refractivity contribution in [1.29, 1.82) is 0 Å². The number of nitrogens with one attached hydrogen (secondary N) is 1. The van der Waals surface area contributed by atoms with E-state index in [9.17, 15) is 23.1 Å². The maximum atomic E-state index is 12.1. The van der Waals surface area contributed by atoms with Crippen LogP contribution in [0.4, 0.5) is 0 Å². The van der Waals surface area contributed by atoms with Gasteiger partial charge < -0.3 is 10.4 Å². The predicted octanol–water partition coefficient (Wildman–Crippen LogP) is 0.137. The summed E-state index contributed by atoms with van der Waals surface area (Å²) >= 11 is 0. The fraction of sp³-hybridized carbons (Fsp3) is 0.333. The van der Waals surface area contributed by atoms with Crippen molar-refractivity contribution in [1.82, 2.24) is 20.3 Å². The van der Waals surface area contributed by atoms with Gasteiger partial charge in [-0.3, -0.25) is 4.79 Å². The summed E-state index contributed by atoms with van der Waals surface area (Å²) in [5.41, 5.74) is 0.641. The van der Waals surface area contributed by atoms with Crippen LogP contribution in [0.1, 0.15) is 35.9 Å². The lowest BCUT2D eigenvalue weighted by Gasteiger charge is -2.15. The Morgan fingerprint density at radius 3 is 2.38 bits per heavy atom. The van der Waals surface area contributed by atoms with Gasteiger partial charge in [-0.25, -0.2) is 23.0 Å². The molecule has 0 aliphatic rings. The Morgan fingerprint density at radius 2 is 1.88 bits per heavy atom. The number of rotatable bonds is 7. The Balaban J connectivity index is 2.03. The number of carbonyl (C=O) groups is 2. The first-order valence-electron chi connectivity index (χ1n) is 7.64. The van der Waals surface area contributed by atoms with Gasteiger partial charge in [-0.15, -0.1) is 5.10 Å². The molecule has 0 spiro atoms. The van der Waals surface area contributed by atoms with Crippen LogP contribution in [0.15, 0.2) is 35.4 Å². The fourth-order valence-electron chi connectivity index (χ4n) is 2.30. The summed E-state index contributed by atoms with van der Waals surface area (Å²) in [5, 5.41) is 24.5. The molecule has 1 amide bonds. The molecular weight excluding hydrogens is 362 g/mol. The second kappa shape index (κ2) is 7.62. The monoisotopic (exact) mass is 381 g/mol. The molecule has 0 saturated heterocycles. The third-order valence-electron chi connectivity index (χ3n) is 3.60. The lowest BCUT2D eigenvalue weighted by Crippen LogP contribution is -2.25. The molecule has 4 N–H and O–H groups in total. The van der Waals surface area contributed by atoms with Gasteiger partial charge in [0.1, 0.15) is 5.69 Å². The summed E-state index contributed by atoms with van der Waals surface area (Å²) < 4.78 is 23.6. The van der Waals surface area contributed by atoms with Crippen LogP contribution in [-0.4, -0.2) is 40.4 Å². The molecule has 2 aromatic rings. The van der Waals surface area contributed by atoms with Gasteiger partial charge >= 0.3 is 5.97 Å². The zero-order chi connectivity index (χ0) is 19.5. The topological polar surface area (TPSA) is 157 Å². The quantitative estimate of drug-likeness (QED) is 0.615. The number of sulfonamides is 1. The van der Waals surface area contributed by atoms with Crippen LogP contribution in [0, 0.1) is 5.92 Å². The maximum absolute atomic E-state index is 12.1. The molecule has 0 saturated carbocycles. The number of carboxylic acids is 1. The molecular formula is C15H19N5O5S. The number of hydrogen-bond donors (Lipinski definition) is 3. The van der Waals surface area contributed by atoms with Crippen LogP contribution in [-0.2, 0) is 21.4 Å². The first kappa shape index (κ1) is 19.5. The maximum Gasteiger partial charge on any atom is 0.328 e. The third-order valence-corrected chi connectivity index (χ3v) is 4.53. The van der Waals surface area contributed by atoms with Crippen molar-refractivity contribution in [2.75, 3.05) is 0 Å². The number of benzene rings is 1. The van der Waals surface area contributed by atoms with E-state index in [4.69, 9.17) is 5.14 Å². The summed E-state index contributed by atoms with van der Waals surface area (Å²) in [4.78, 5) is 23.3. The average Bonchev–Trinajstić information content (AvgIpc) is 2.99. The van der Waals surface area contributed by atoms with Crippen molar-refractivity contribution in [3.05, 3.63) is 41.7 Å². The molecule has 1 aromatic carbocycles. The van der Waals surface area contributed by atoms with Gasteiger partial charge in [-0.2, -0.15) is 0 Å². The zero-order valence-electron chi connectivity index (χ0n) is 14.2. The summed E-state index contributed by atoms with van der Waals surface area (Å²) in [6.07, 6.45) is 1.46. The van der Waals surface area contributed by atoms with Gasteiger partial charge in [0.25, 0.3) is 5.91 Å². The molecule has 0 radical (unpaired) electrons. The normalized spacial score (nSPS) is 12.8. The van der Waals surface area contributed by atoms with E-state index < -0.39 is 27.9 Å². The second-order valence-electron chi connectivity index (χ2n) is 5.97. The molecule has 0 aliphatic carbocycles. The van der Waals surface area contributed by atoms with Crippen LogP contribution in [0.2, 0.25) is 0 Å². The molecule has 0 fully saturated rings. The van der Waals surface area contributed by atoms with E-state index in [0.29, 0.717) is 5.69 Å². The van der Waals surface area contributed by atoms with Crippen molar-refractivity contribution in [2.45, 2.75) is 31.3 Å². The van der Waals surface area contributed by atoms with Gasteiger partial charge in [0, 0.05) is 5.56 Å². The lowest BCUT2D eigenvalue weighted by molar-refractivity contribution is -0.142. The smallest absolute Gasteiger partial charge is 0.328 e. The summed E-state index contributed by atoms with van der Waals surface area (Å²) in [7, 11) is -3.82. The van der Waals surface area contributed by atoms with Crippen LogP contribution in [0.3, 0.4) is 0 Å². The van der Waals surface area contributed by atoms with E-state index in [-0.39, 0.29) is 22.9 Å². The number of nitrogens with zero attached hydrogens (tertiary/aromatic N) is 3. The number of hydrogen-bond acceptors (Lipinski definition) is 6.